The van der Waals surface area contributed by atoms with Crippen LogP contribution < -0.4 is 11.1 Å². The molecule has 2 aromatic carbocycles. The first-order valence-electron chi connectivity index (χ1n) is 6.43. The van der Waals surface area contributed by atoms with E-state index in [0.29, 0.717) is 12.1 Å². The number of carbonyl (C=O) groups is 1. The molecule has 0 saturated carbocycles. The Morgan fingerprint density at radius 2 is 1.95 bits per heavy atom. The van der Waals surface area contributed by atoms with E-state index in [1.54, 1.807) is 0 Å². The maximum Gasteiger partial charge on any atom is 0.251 e. The van der Waals surface area contributed by atoms with E-state index in [0.717, 1.165) is 15.6 Å². The summed E-state index contributed by atoms with van der Waals surface area (Å²) in [5.41, 5.74) is 8.69. The third kappa shape index (κ3) is 3.68. The summed E-state index contributed by atoms with van der Waals surface area (Å²) < 4.78 is 0.889. The maximum atomic E-state index is 12.2. The summed E-state index contributed by atoms with van der Waals surface area (Å²) in [5.74, 6) is -0.102. The SMILES string of the molecule is Cc1ccc(Br)cc1C(=O)NCC(N)c1ccccc1. The predicted molar refractivity (Wildman–Crippen MR) is 84.6 cm³/mol. The fourth-order valence-corrected chi connectivity index (χ4v) is 2.32. The molecule has 1 amide bonds. The van der Waals surface area contributed by atoms with E-state index in [1.807, 2.05) is 55.5 Å². The lowest BCUT2D eigenvalue weighted by Gasteiger charge is -2.14. The Hall–Kier alpha value is -1.65. The Kier molecular flexibility index (Phi) is 4.93. The molecular weight excluding hydrogens is 316 g/mol. The van der Waals surface area contributed by atoms with E-state index in [4.69, 9.17) is 5.73 Å². The minimum Gasteiger partial charge on any atom is -0.350 e. The zero-order chi connectivity index (χ0) is 14.5. The second-order valence-corrected chi connectivity index (χ2v) is 5.60. The van der Waals surface area contributed by atoms with Gasteiger partial charge in [0.15, 0.2) is 0 Å². The average Bonchev–Trinajstić information content (AvgIpc) is 2.47. The minimum absolute atomic E-state index is 0.102. The summed E-state index contributed by atoms with van der Waals surface area (Å²) in [6.45, 7) is 2.33. The number of benzene rings is 2. The van der Waals surface area contributed by atoms with Gasteiger partial charge in [0.05, 0.1) is 0 Å². The first kappa shape index (κ1) is 14.8. The van der Waals surface area contributed by atoms with E-state index in [2.05, 4.69) is 21.2 Å². The third-order valence-electron chi connectivity index (χ3n) is 3.15. The molecule has 104 valence electrons. The van der Waals surface area contributed by atoms with E-state index >= 15 is 0 Å². The Labute approximate surface area is 127 Å². The molecule has 1 unspecified atom stereocenters. The topological polar surface area (TPSA) is 55.1 Å². The summed E-state index contributed by atoms with van der Waals surface area (Å²) in [5, 5.41) is 2.88. The van der Waals surface area contributed by atoms with Gasteiger partial charge >= 0.3 is 0 Å². The normalized spacial score (nSPS) is 11.9. The number of rotatable bonds is 4. The van der Waals surface area contributed by atoms with Crippen LogP contribution in [0.3, 0.4) is 0 Å². The molecule has 20 heavy (non-hydrogen) atoms. The van der Waals surface area contributed by atoms with Gasteiger partial charge in [-0.15, -0.1) is 0 Å². The van der Waals surface area contributed by atoms with E-state index < -0.39 is 0 Å². The van der Waals surface area contributed by atoms with Gasteiger partial charge in [-0.3, -0.25) is 4.79 Å². The van der Waals surface area contributed by atoms with Crippen molar-refractivity contribution in [1.82, 2.24) is 5.32 Å². The Morgan fingerprint density at radius 3 is 2.65 bits per heavy atom. The Morgan fingerprint density at radius 1 is 1.25 bits per heavy atom. The molecule has 3 nitrogen and oxygen atoms in total. The van der Waals surface area contributed by atoms with Crippen molar-refractivity contribution >= 4 is 21.8 Å². The Bertz CT molecular complexity index is 599. The van der Waals surface area contributed by atoms with Gasteiger partial charge in [-0.1, -0.05) is 52.3 Å². The molecule has 0 bridgehead atoms. The van der Waals surface area contributed by atoms with E-state index in [9.17, 15) is 4.79 Å². The number of nitrogens with one attached hydrogen (secondary N) is 1. The lowest BCUT2D eigenvalue weighted by atomic mass is 10.1. The fraction of sp³-hybridized carbons (Fsp3) is 0.188. The predicted octanol–water partition coefficient (Wildman–Crippen LogP) is 3.19. The van der Waals surface area contributed by atoms with Crippen LogP contribution in [0.15, 0.2) is 53.0 Å². The Balaban J connectivity index is 2.00. The number of carbonyl (C=O) groups excluding carboxylic acids is 1. The van der Waals surface area contributed by atoms with Gasteiger partial charge in [0.25, 0.3) is 5.91 Å². The van der Waals surface area contributed by atoms with Crippen molar-refractivity contribution in [1.29, 1.82) is 0 Å². The lowest BCUT2D eigenvalue weighted by molar-refractivity contribution is 0.0950. The quantitative estimate of drug-likeness (QED) is 0.903. The summed E-state index contributed by atoms with van der Waals surface area (Å²) >= 11 is 3.38. The van der Waals surface area contributed by atoms with Gasteiger partial charge in [-0.25, -0.2) is 0 Å². The van der Waals surface area contributed by atoms with Crippen LogP contribution in [0.4, 0.5) is 0 Å². The summed E-state index contributed by atoms with van der Waals surface area (Å²) in [6, 6.07) is 15.2. The van der Waals surface area contributed by atoms with Crippen molar-refractivity contribution in [2.45, 2.75) is 13.0 Å². The van der Waals surface area contributed by atoms with Crippen LogP contribution in [-0.4, -0.2) is 12.5 Å². The summed E-state index contributed by atoms with van der Waals surface area (Å²) in [4.78, 5) is 12.2. The van der Waals surface area contributed by atoms with Gasteiger partial charge in [0.1, 0.15) is 0 Å². The number of amides is 1. The average molecular weight is 333 g/mol. The van der Waals surface area contributed by atoms with Crippen molar-refractivity contribution in [3.63, 3.8) is 0 Å². The molecule has 0 radical (unpaired) electrons. The van der Waals surface area contributed by atoms with Crippen LogP contribution in [0.1, 0.15) is 27.5 Å². The minimum atomic E-state index is -0.201. The molecule has 0 aliphatic carbocycles. The van der Waals surface area contributed by atoms with Crippen molar-refractivity contribution < 1.29 is 4.79 Å². The van der Waals surface area contributed by atoms with Crippen LogP contribution in [0, 0.1) is 6.92 Å². The van der Waals surface area contributed by atoms with Crippen molar-refractivity contribution in [3.05, 3.63) is 69.7 Å². The highest BCUT2D eigenvalue weighted by Gasteiger charge is 2.11. The first-order valence-corrected chi connectivity index (χ1v) is 7.22. The number of halogens is 1. The van der Waals surface area contributed by atoms with Gasteiger partial charge in [0, 0.05) is 22.6 Å². The maximum absolute atomic E-state index is 12.2. The van der Waals surface area contributed by atoms with Crippen LogP contribution in [0.5, 0.6) is 0 Å². The summed E-state index contributed by atoms with van der Waals surface area (Å²) in [6.07, 6.45) is 0. The van der Waals surface area contributed by atoms with Gasteiger partial charge in [-0.2, -0.15) is 0 Å². The zero-order valence-electron chi connectivity index (χ0n) is 11.3. The van der Waals surface area contributed by atoms with Crippen molar-refractivity contribution in [2.24, 2.45) is 5.73 Å². The van der Waals surface area contributed by atoms with Gasteiger partial charge < -0.3 is 11.1 Å². The highest BCUT2D eigenvalue weighted by Crippen LogP contribution is 2.16. The van der Waals surface area contributed by atoms with Crippen LogP contribution in [-0.2, 0) is 0 Å². The molecule has 0 fully saturated rings. The highest BCUT2D eigenvalue weighted by atomic mass is 79.9. The molecule has 0 saturated heterocycles. The van der Waals surface area contributed by atoms with Crippen molar-refractivity contribution in [3.8, 4) is 0 Å². The molecule has 0 aromatic heterocycles. The molecule has 0 spiro atoms. The third-order valence-corrected chi connectivity index (χ3v) is 3.65. The number of aryl methyl sites for hydroxylation is 1. The second-order valence-electron chi connectivity index (χ2n) is 4.69. The largest absolute Gasteiger partial charge is 0.350 e. The molecule has 4 heteroatoms. The van der Waals surface area contributed by atoms with Crippen LogP contribution in [0.2, 0.25) is 0 Å². The first-order chi connectivity index (χ1) is 9.58. The smallest absolute Gasteiger partial charge is 0.251 e. The highest BCUT2D eigenvalue weighted by molar-refractivity contribution is 9.10. The molecular formula is C16H17BrN2O. The monoisotopic (exact) mass is 332 g/mol. The molecule has 0 aliphatic heterocycles. The van der Waals surface area contributed by atoms with Crippen molar-refractivity contribution in [2.75, 3.05) is 6.54 Å². The summed E-state index contributed by atoms with van der Waals surface area (Å²) in [7, 11) is 0. The van der Waals surface area contributed by atoms with Crippen LogP contribution in [0.25, 0.3) is 0 Å². The second kappa shape index (κ2) is 6.68. The fourth-order valence-electron chi connectivity index (χ4n) is 1.95. The van der Waals surface area contributed by atoms with Gasteiger partial charge in [-0.05, 0) is 30.2 Å². The molecule has 3 N–H and O–H groups in total. The zero-order valence-corrected chi connectivity index (χ0v) is 12.9. The molecule has 2 aromatic rings. The molecule has 1 atom stereocenters. The van der Waals surface area contributed by atoms with E-state index in [1.165, 1.54) is 0 Å². The van der Waals surface area contributed by atoms with E-state index in [-0.39, 0.29) is 11.9 Å². The number of hydrogen-bond acceptors (Lipinski definition) is 2. The number of hydrogen-bond donors (Lipinski definition) is 2. The molecule has 2 rings (SSSR count). The standard InChI is InChI=1S/C16H17BrN2O/c1-11-7-8-13(17)9-14(11)16(20)19-10-15(18)12-5-3-2-4-6-12/h2-9,15H,10,18H2,1H3,(H,19,20). The molecule has 0 heterocycles. The van der Waals surface area contributed by atoms with Crippen LogP contribution >= 0.6 is 15.9 Å². The van der Waals surface area contributed by atoms with Gasteiger partial charge in [0.2, 0.25) is 0 Å². The molecule has 0 aliphatic rings. The number of nitrogens with two attached hydrogens (primary N) is 1. The lowest BCUT2D eigenvalue weighted by Crippen LogP contribution is -2.32.